The van der Waals surface area contributed by atoms with E-state index in [1.54, 1.807) is 0 Å². The molecule has 1 atom stereocenters. The summed E-state index contributed by atoms with van der Waals surface area (Å²) in [5, 5.41) is 3.38. The molecule has 0 saturated heterocycles. The summed E-state index contributed by atoms with van der Waals surface area (Å²) in [5.74, 6) is 0. The summed E-state index contributed by atoms with van der Waals surface area (Å²) in [6.07, 6.45) is 8.12. The van der Waals surface area contributed by atoms with Gasteiger partial charge in [-0.1, -0.05) is 36.4 Å². The molecule has 3 heteroatoms. The van der Waals surface area contributed by atoms with Gasteiger partial charge < -0.3 is 5.32 Å². The quantitative estimate of drug-likeness (QED) is 0.849. The van der Waals surface area contributed by atoms with E-state index in [1.165, 1.54) is 22.3 Å². The van der Waals surface area contributed by atoms with Gasteiger partial charge in [0.25, 0.3) is 0 Å². The van der Waals surface area contributed by atoms with Crippen molar-refractivity contribution in [1.82, 2.24) is 10.3 Å². The molecular formula is C15H15ClN2. The summed E-state index contributed by atoms with van der Waals surface area (Å²) in [7, 11) is 1.99. The Kier molecular flexibility index (Phi) is 3.80. The highest BCUT2D eigenvalue weighted by Gasteiger charge is 2.19. The summed E-state index contributed by atoms with van der Waals surface area (Å²) in [6.45, 7) is 0. The Hall–Kier alpha value is -1.64. The van der Waals surface area contributed by atoms with E-state index in [1.807, 2.05) is 19.4 Å². The standard InChI is InChI=1S/C15H14N2.ClH/c1-16-15-13-5-3-2-4-11(13)6-7-12-8-9-17-10-14(12)15;/h2-10,15-16H,1H3;1H. The lowest BCUT2D eigenvalue weighted by atomic mass is 9.96. The molecule has 1 aromatic carbocycles. The van der Waals surface area contributed by atoms with Crippen molar-refractivity contribution in [3.63, 3.8) is 0 Å². The highest BCUT2D eigenvalue weighted by Crippen LogP contribution is 2.31. The van der Waals surface area contributed by atoms with Crippen molar-refractivity contribution in [3.8, 4) is 0 Å². The van der Waals surface area contributed by atoms with Crippen LogP contribution < -0.4 is 5.32 Å². The molecule has 0 radical (unpaired) electrons. The molecule has 0 amide bonds. The van der Waals surface area contributed by atoms with Gasteiger partial charge in [-0.05, 0) is 35.4 Å². The molecule has 1 aliphatic rings. The van der Waals surface area contributed by atoms with Crippen LogP contribution in [0.2, 0.25) is 0 Å². The molecule has 2 nitrogen and oxygen atoms in total. The maximum Gasteiger partial charge on any atom is 0.0601 e. The van der Waals surface area contributed by atoms with Crippen molar-refractivity contribution in [2.75, 3.05) is 7.05 Å². The zero-order chi connectivity index (χ0) is 11.7. The van der Waals surface area contributed by atoms with Gasteiger partial charge >= 0.3 is 0 Å². The third-order valence-electron chi connectivity index (χ3n) is 3.24. The van der Waals surface area contributed by atoms with E-state index in [0.29, 0.717) is 0 Å². The van der Waals surface area contributed by atoms with Crippen molar-refractivity contribution in [1.29, 1.82) is 0 Å². The van der Waals surface area contributed by atoms with Crippen LogP contribution in [0.1, 0.15) is 28.3 Å². The zero-order valence-corrected chi connectivity index (χ0v) is 10.9. The second kappa shape index (κ2) is 5.34. The van der Waals surface area contributed by atoms with Crippen LogP contribution in [0.15, 0.2) is 42.7 Å². The second-order valence-corrected chi connectivity index (χ2v) is 4.19. The molecule has 3 rings (SSSR count). The maximum atomic E-state index is 4.24. The van der Waals surface area contributed by atoms with Crippen LogP contribution in [-0.2, 0) is 0 Å². The molecule has 2 aromatic rings. The van der Waals surface area contributed by atoms with Crippen molar-refractivity contribution in [2.24, 2.45) is 0 Å². The van der Waals surface area contributed by atoms with Gasteiger partial charge in [-0.25, -0.2) is 0 Å². The summed E-state index contributed by atoms with van der Waals surface area (Å²) < 4.78 is 0. The molecule has 0 fully saturated rings. The molecule has 1 N–H and O–H groups in total. The third kappa shape index (κ3) is 2.05. The lowest BCUT2D eigenvalue weighted by molar-refractivity contribution is 0.687. The number of hydrogen-bond acceptors (Lipinski definition) is 2. The molecule has 18 heavy (non-hydrogen) atoms. The number of nitrogens with one attached hydrogen (secondary N) is 1. The maximum absolute atomic E-state index is 4.24. The Morgan fingerprint density at radius 1 is 1.00 bits per heavy atom. The Balaban J connectivity index is 0.00000120. The van der Waals surface area contributed by atoms with Gasteiger partial charge in [0, 0.05) is 12.4 Å². The van der Waals surface area contributed by atoms with Crippen molar-refractivity contribution < 1.29 is 0 Å². The van der Waals surface area contributed by atoms with Crippen LogP contribution in [0.4, 0.5) is 0 Å². The zero-order valence-electron chi connectivity index (χ0n) is 10.1. The Bertz CT molecular complexity index is 529. The van der Waals surface area contributed by atoms with Crippen LogP contribution in [-0.4, -0.2) is 12.0 Å². The predicted octanol–water partition coefficient (Wildman–Crippen LogP) is 3.30. The average Bonchev–Trinajstić information content (AvgIpc) is 2.55. The second-order valence-electron chi connectivity index (χ2n) is 4.19. The van der Waals surface area contributed by atoms with Crippen LogP contribution in [0.3, 0.4) is 0 Å². The van der Waals surface area contributed by atoms with E-state index in [0.717, 1.165) is 0 Å². The van der Waals surface area contributed by atoms with E-state index in [-0.39, 0.29) is 18.4 Å². The predicted molar refractivity (Wildman–Crippen MR) is 77.8 cm³/mol. The Morgan fingerprint density at radius 2 is 1.72 bits per heavy atom. The van der Waals surface area contributed by atoms with Crippen LogP contribution in [0.25, 0.3) is 12.2 Å². The summed E-state index contributed by atoms with van der Waals surface area (Å²) in [6, 6.07) is 10.7. The molecule has 0 saturated carbocycles. The third-order valence-corrected chi connectivity index (χ3v) is 3.24. The van der Waals surface area contributed by atoms with Crippen LogP contribution in [0, 0.1) is 0 Å². The van der Waals surface area contributed by atoms with E-state index in [9.17, 15) is 0 Å². The van der Waals surface area contributed by atoms with Gasteiger partial charge in [0.05, 0.1) is 6.04 Å². The Morgan fingerprint density at radius 3 is 2.50 bits per heavy atom. The SMILES string of the molecule is CNC1c2ccccc2C=Cc2ccncc21.Cl. The highest BCUT2D eigenvalue weighted by molar-refractivity contribution is 5.85. The van der Waals surface area contributed by atoms with E-state index >= 15 is 0 Å². The fourth-order valence-electron chi connectivity index (χ4n) is 2.39. The number of nitrogens with zero attached hydrogens (tertiary/aromatic N) is 1. The molecule has 1 unspecified atom stereocenters. The molecule has 1 heterocycles. The normalized spacial score (nSPS) is 16.2. The number of aromatic nitrogens is 1. The highest BCUT2D eigenvalue weighted by atomic mass is 35.5. The fraction of sp³-hybridized carbons (Fsp3) is 0.133. The summed E-state index contributed by atoms with van der Waals surface area (Å²) >= 11 is 0. The molecule has 1 aliphatic carbocycles. The lowest BCUT2D eigenvalue weighted by Crippen LogP contribution is -2.19. The minimum Gasteiger partial charge on any atom is -0.309 e. The largest absolute Gasteiger partial charge is 0.309 e. The fourth-order valence-corrected chi connectivity index (χ4v) is 2.39. The average molecular weight is 259 g/mol. The molecule has 0 aliphatic heterocycles. The van der Waals surface area contributed by atoms with Crippen LogP contribution >= 0.6 is 12.4 Å². The monoisotopic (exact) mass is 258 g/mol. The number of hydrogen-bond donors (Lipinski definition) is 1. The first-order valence-corrected chi connectivity index (χ1v) is 5.78. The first-order chi connectivity index (χ1) is 8.40. The molecule has 0 bridgehead atoms. The van der Waals surface area contributed by atoms with Gasteiger partial charge in [0.15, 0.2) is 0 Å². The lowest BCUT2D eigenvalue weighted by Gasteiger charge is -2.18. The van der Waals surface area contributed by atoms with Gasteiger partial charge in [-0.2, -0.15) is 0 Å². The molecule has 1 aromatic heterocycles. The summed E-state index contributed by atoms with van der Waals surface area (Å²) in [4.78, 5) is 4.24. The molecule has 0 spiro atoms. The smallest absolute Gasteiger partial charge is 0.0601 e. The van der Waals surface area contributed by atoms with E-state index in [4.69, 9.17) is 0 Å². The van der Waals surface area contributed by atoms with Gasteiger partial charge in [0.2, 0.25) is 0 Å². The minimum absolute atomic E-state index is 0. The Labute approximate surface area is 113 Å². The number of benzene rings is 1. The molecule has 92 valence electrons. The topological polar surface area (TPSA) is 24.9 Å². The van der Waals surface area contributed by atoms with Gasteiger partial charge in [-0.15, -0.1) is 12.4 Å². The van der Waals surface area contributed by atoms with Gasteiger partial charge in [-0.3, -0.25) is 4.98 Å². The van der Waals surface area contributed by atoms with E-state index in [2.05, 4.69) is 52.8 Å². The number of rotatable bonds is 1. The van der Waals surface area contributed by atoms with Gasteiger partial charge in [0.1, 0.15) is 0 Å². The number of halogens is 1. The first-order valence-electron chi connectivity index (χ1n) is 5.78. The van der Waals surface area contributed by atoms with Crippen LogP contribution in [0.5, 0.6) is 0 Å². The van der Waals surface area contributed by atoms with Crippen molar-refractivity contribution in [3.05, 3.63) is 65.0 Å². The number of pyridine rings is 1. The number of fused-ring (bicyclic) bond motifs is 2. The van der Waals surface area contributed by atoms with Crippen molar-refractivity contribution in [2.45, 2.75) is 6.04 Å². The molecular weight excluding hydrogens is 244 g/mol. The van der Waals surface area contributed by atoms with Crippen molar-refractivity contribution >= 4 is 24.6 Å². The van der Waals surface area contributed by atoms with E-state index < -0.39 is 0 Å². The minimum atomic E-state index is 0. The first kappa shape index (κ1) is 12.8. The summed E-state index contributed by atoms with van der Waals surface area (Å²) in [5.41, 5.74) is 5.04.